The highest BCUT2D eigenvalue weighted by Gasteiger charge is 2.31. The Labute approximate surface area is 263 Å². The van der Waals surface area contributed by atoms with E-state index >= 15 is 0 Å². The van der Waals surface area contributed by atoms with Gasteiger partial charge >= 0.3 is 0 Å². The van der Waals surface area contributed by atoms with E-state index in [4.69, 9.17) is 21.6 Å². The van der Waals surface area contributed by atoms with Gasteiger partial charge in [0.25, 0.3) is 0 Å². The summed E-state index contributed by atoms with van der Waals surface area (Å²) in [6.07, 6.45) is 19.4. The summed E-state index contributed by atoms with van der Waals surface area (Å²) in [4.78, 5) is 7.57. The zero-order valence-corrected chi connectivity index (χ0v) is 27.5. The van der Waals surface area contributed by atoms with E-state index in [0.717, 1.165) is 68.7 Å². The predicted molar refractivity (Wildman–Crippen MR) is 179 cm³/mol. The Kier molecular flexibility index (Phi) is 8.57. The van der Waals surface area contributed by atoms with Crippen molar-refractivity contribution in [1.29, 1.82) is 0 Å². The molecule has 7 nitrogen and oxygen atoms in total. The zero-order chi connectivity index (χ0) is 31.0. The van der Waals surface area contributed by atoms with Gasteiger partial charge in [0.05, 0.1) is 29.6 Å². The van der Waals surface area contributed by atoms with Crippen LogP contribution in [-0.2, 0) is 31.3 Å². The second-order valence-electron chi connectivity index (χ2n) is 14.0. The summed E-state index contributed by atoms with van der Waals surface area (Å²) in [5.74, 6) is 0.488. The fourth-order valence-electron chi connectivity index (χ4n) is 7.33. The maximum absolute atomic E-state index is 5.49. The van der Waals surface area contributed by atoms with Gasteiger partial charge in [0.15, 0.2) is 0 Å². The Morgan fingerprint density at radius 3 is 2.57 bits per heavy atom. The molecule has 232 valence electrons. The second kappa shape index (κ2) is 12.4. The molecule has 1 fully saturated rings. The van der Waals surface area contributed by atoms with Crippen molar-refractivity contribution in [2.45, 2.75) is 123 Å². The standard InChI is InChI=1S/C37H49N7/c1-8-27-22-40-44-23-30(20-28(36(27)44)16-17-37(6,7)34-15-10-29(21-39-34)25(3)4)35-26(5)33-24-42(18-19-43(33)41-35)32-13-11-31(12-14-32)38-9-2/h2,10,15,20-23,25,31-32,38H,8,11-14,16-19,24H2,1,3-7H3. The molecule has 6 rings (SSSR count). The molecule has 0 unspecified atom stereocenters. The van der Waals surface area contributed by atoms with E-state index in [1.165, 1.54) is 46.3 Å². The van der Waals surface area contributed by atoms with Crippen LogP contribution in [0.25, 0.3) is 16.8 Å². The first-order valence-corrected chi connectivity index (χ1v) is 16.7. The van der Waals surface area contributed by atoms with Gasteiger partial charge in [0.2, 0.25) is 0 Å². The van der Waals surface area contributed by atoms with Gasteiger partial charge in [-0.25, -0.2) is 4.52 Å². The molecule has 0 spiro atoms. The summed E-state index contributed by atoms with van der Waals surface area (Å²) in [5.41, 5.74) is 11.2. The zero-order valence-electron chi connectivity index (χ0n) is 27.5. The van der Waals surface area contributed by atoms with Crippen LogP contribution in [0.5, 0.6) is 0 Å². The number of fused-ring (bicyclic) bond motifs is 2. The average molecular weight is 592 g/mol. The van der Waals surface area contributed by atoms with Gasteiger partial charge in [-0.1, -0.05) is 47.1 Å². The van der Waals surface area contributed by atoms with E-state index in [-0.39, 0.29) is 5.41 Å². The number of hydrogen-bond donors (Lipinski definition) is 1. The second-order valence-corrected chi connectivity index (χ2v) is 14.0. The van der Waals surface area contributed by atoms with E-state index in [1.807, 2.05) is 6.20 Å². The first kappa shape index (κ1) is 30.4. The molecule has 1 N–H and O–H groups in total. The number of terminal acetylenes is 1. The third-order valence-corrected chi connectivity index (χ3v) is 10.4. The van der Waals surface area contributed by atoms with Crippen molar-refractivity contribution >= 4 is 5.52 Å². The van der Waals surface area contributed by atoms with Crippen molar-refractivity contribution in [3.05, 3.63) is 70.4 Å². The maximum atomic E-state index is 5.49. The highest BCUT2D eigenvalue weighted by atomic mass is 15.3. The number of rotatable bonds is 9. The van der Waals surface area contributed by atoms with Crippen LogP contribution in [0.15, 0.2) is 36.8 Å². The highest BCUT2D eigenvalue weighted by Crippen LogP contribution is 2.34. The van der Waals surface area contributed by atoms with Crippen molar-refractivity contribution in [3.63, 3.8) is 0 Å². The number of nitrogens with zero attached hydrogens (tertiary/aromatic N) is 6. The minimum atomic E-state index is -0.0438. The average Bonchev–Trinajstić information content (AvgIpc) is 3.60. The van der Waals surface area contributed by atoms with Crippen molar-refractivity contribution in [2.24, 2.45) is 0 Å². The van der Waals surface area contributed by atoms with E-state index in [9.17, 15) is 0 Å². The summed E-state index contributed by atoms with van der Waals surface area (Å²) in [6.45, 7) is 16.5. The van der Waals surface area contributed by atoms with Crippen LogP contribution in [0.4, 0.5) is 0 Å². The third-order valence-electron chi connectivity index (χ3n) is 10.4. The molecule has 7 heteroatoms. The van der Waals surface area contributed by atoms with Gasteiger partial charge in [-0.15, -0.1) is 0 Å². The highest BCUT2D eigenvalue weighted by molar-refractivity contribution is 5.70. The number of hydrogen-bond acceptors (Lipinski definition) is 5. The summed E-state index contributed by atoms with van der Waals surface area (Å²) in [5, 5.41) is 13.2. The summed E-state index contributed by atoms with van der Waals surface area (Å²) < 4.78 is 4.35. The number of aromatic nitrogens is 5. The lowest BCUT2D eigenvalue weighted by atomic mass is 9.82. The molecule has 0 saturated heterocycles. The Balaban J connectivity index is 1.26. The summed E-state index contributed by atoms with van der Waals surface area (Å²) in [7, 11) is 0. The van der Waals surface area contributed by atoms with Gasteiger partial charge in [-0.3, -0.25) is 14.6 Å². The molecule has 0 amide bonds. The Hall–Kier alpha value is -3.63. The lowest BCUT2D eigenvalue weighted by Gasteiger charge is -2.39. The van der Waals surface area contributed by atoms with Crippen molar-refractivity contribution in [2.75, 3.05) is 6.54 Å². The van der Waals surface area contributed by atoms with Crippen molar-refractivity contribution in [1.82, 2.24) is 34.6 Å². The molecule has 4 aromatic heterocycles. The van der Waals surface area contributed by atoms with Crippen LogP contribution in [0.3, 0.4) is 0 Å². The summed E-state index contributed by atoms with van der Waals surface area (Å²) >= 11 is 0. The SMILES string of the molecule is C#CNC1CCC(N2CCn3nc(-c4cc(CCC(C)(C)c5ccc(C(C)C)cn5)c5c(CC)cnn5c4)c(C)c3C2)CC1. The lowest BCUT2D eigenvalue weighted by molar-refractivity contribution is 0.112. The summed E-state index contributed by atoms with van der Waals surface area (Å²) in [6, 6.07) is 10.6. The number of pyridine rings is 2. The van der Waals surface area contributed by atoms with E-state index < -0.39 is 0 Å². The van der Waals surface area contributed by atoms with Gasteiger partial charge < -0.3 is 5.32 Å². The first-order valence-electron chi connectivity index (χ1n) is 16.7. The fraction of sp³-hybridized carbons (Fsp3) is 0.541. The molecule has 0 atom stereocenters. The maximum Gasteiger partial charge on any atom is 0.0971 e. The molecule has 1 saturated carbocycles. The van der Waals surface area contributed by atoms with Crippen molar-refractivity contribution in [3.8, 4) is 23.7 Å². The smallest absolute Gasteiger partial charge is 0.0971 e. The first-order chi connectivity index (χ1) is 21.2. The Bertz CT molecular complexity index is 1640. The largest absolute Gasteiger partial charge is 0.343 e. The minimum absolute atomic E-state index is 0.0438. The fourth-order valence-corrected chi connectivity index (χ4v) is 7.33. The lowest BCUT2D eigenvalue weighted by Crippen LogP contribution is -2.45. The molecule has 0 radical (unpaired) electrons. The van der Waals surface area contributed by atoms with Gasteiger partial charge in [-0.05, 0) is 92.2 Å². The molecule has 44 heavy (non-hydrogen) atoms. The predicted octanol–water partition coefficient (Wildman–Crippen LogP) is 6.80. The van der Waals surface area contributed by atoms with Crippen LogP contribution in [0.1, 0.15) is 106 Å². The van der Waals surface area contributed by atoms with Crippen LogP contribution < -0.4 is 5.32 Å². The molecular formula is C37H49N7. The number of nitrogens with one attached hydrogen (secondary N) is 1. The van der Waals surface area contributed by atoms with Gasteiger partial charge in [0.1, 0.15) is 0 Å². The molecule has 1 aliphatic heterocycles. The molecule has 2 aliphatic rings. The Morgan fingerprint density at radius 1 is 1.09 bits per heavy atom. The third kappa shape index (κ3) is 5.89. The monoisotopic (exact) mass is 591 g/mol. The molecule has 1 aliphatic carbocycles. The number of aryl methyl sites for hydroxylation is 2. The topological polar surface area (TPSA) is 63.3 Å². The van der Waals surface area contributed by atoms with E-state index in [2.05, 4.69) is 97.6 Å². The van der Waals surface area contributed by atoms with Crippen LogP contribution in [0.2, 0.25) is 0 Å². The van der Waals surface area contributed by atoms with Crippen LogP contribution >= 0.6 is 0 Å². The van der Waals surface area contributed by atoms with Crippen molar-refractivity contribution < 1.29 is 0 Å². The van der Waals surface area contributed by atoms with E-state index in [0.29, 0.717) is 18.0 Å². The van der Waals surface area contributed by atoms with Crippen LogP contribution in [-0.4, -0.2) is 47.9 Å². The molecule has 0 aromatic carbocycles. The molecule has 5 heterocycles. The van der Waals surface area contributed by atoms with Crippen LogP contribution in [0, 0.1) is 19.4 Å². The van der Waals surface area contributed by atoms with Gasteiger partial charge in [-0.2, -0.15) is 10.2 Å². The molecular weight excluding hydrogens is 542 g/mol. The Morgan fingerprint density at radius 2 is 1.89 bits per heavy atom. The van der Waals surface area contributed by atoms with Gasteiger partial charge in [0, 0.05) is 60.3 Å². The molecule has 4 aromatic rings. The molecule has 0 bridgehead atoms. The quantitative estimate of drug-likeness (QED) is 0.171. The minimum Gasteiger partial charge on any atom is -0.343 e. The van der Waals surface area contributed by atoms with E-state index in [1.54, 1.807) is 0 Å². The normalized spacial score (nSPS) is 19.3.